The number of carbonyl (C=O) groups is 1. The van der Waals surface area contributed by atoms with Crippen molar-refractivity contribution in [2.45, 2.75) is 44.1 Å². The molecule has 3 rings (SSSR count). The number of rotatable bonds is 3. The normalized spacial score (nSPS) is 42.1. The molecule has 0 aromatic rings. The lowest BCUT2D eigenvalue weighted by atomic mass is 9.80. The Morgan fingerprint density at radius 1 is 1.45 bits per heavy atom. The first-order valence-electron chi connectivity index (χ1n) is 7.43. The number of ether oxygens (including phenoxy) is 5. The Morgan fingerprint density at radius 3 is 2.77 bits per heavy atom. The number of nitrogens with two attached hydrogens (primary N) is 1. The van der Waals surface area contributed by atoms with Gasteiger partial charge in [0.05, 0.1) is 31.0 Å². The van der Waals surface area contributed by atoms with E-state index in [1.807, 2.05) is 13.8 Å². The number of methoxy groups -OCH3 is 2. The highest BCUT2D eigenvalue weighted by Crippen LogP contribution is 2.56. The van der Waals surface area contributed by atoms with Gasteiger partial charge in [0.25, 0.3) is 0 Å². The Hall–Kier alpha value is -1.15. The van der Waals surface area contributed by atoms with E-state index in [-0.39, 0.29) is 24.5 Å². The minimum atomic E-state index is -0.734. The van der Waals surface area contributed by atoms with Gasteiger partial charge in [0, 0.05) is 19.6 Å². The van der Waals surface area contributed by atoms with Gasteiger partial charge in [-0.05, 0) is 20.3 Å². The molecule has 124 valence electrons. The van der Waals surface area contributed by atoms with Gasteiger partial charge in [-0.15, -0.1) is 0 Å². The summed E-state index contributed by atoms with van der Waals surface area (Å²) in [7, 11) is 2.92. The third-order valence-corrected chi connectivity index (χ3v) is 4.87. The third kappa shape index (κ3) is 2.07. The van der Waals surface area contributed by atoms with Crippen molar-refractivity contribution in [2.75, 3.05) is 20.8 Å². The molecule has 5 unspecified atom stereocenters. The highest BCUT2D eigenvalue weighted by atomic mass is 16.8. The second-order valence-electron chi connectivity index (χ2n) is 6.44. The van der Waals surface area contributed by atoms with Gasteiger partial charge in [0.2, 0.25) is 6.29 Å². The Labute approximate surface area is 129 Å². The summed E-state index contributed by atoms with van der Waals surface area (Å²) in [6.45, 7) is 3.99. The van der Waals surface area contributed by atoms with Crippen molar-refractivity contribution in [3.8, 4) is 0 Å². The largest absolute Gasteiger partial charge is 0.472 e. The molecule has 5 atom stereocenters. The molecule has 7 nitrogen and oxygen atoms in total. The van der Waals surface area contributed by atoms with Crippen molar-refractivity contribution in [3.05, 3.63) is 11.8 Å². The quantitative estimate of drug-likeness (QED) is 0.760. The van der Waals surface area contributed by atoms with Gasteiger partial charge in [-0.1, -0.05) is 0 Å². The second kappa shape index (κ2) is 5.19. The maximum Gasteiger partial charge on any atom is 0.337 e. The molecule has 7 heteroatoms. The number of esters is 1. The van der Waals surface area contributed by atoms with Crippen LogP contribution in [0.3, 0.4) is 0 Å². The van der Waals surface area contributed by atoms with Crippen molar-refractivity contribution in [1.29, 1.82) is 0 Å². The molecule has 2 fully saturated rings. The predicted molar refractivity (Wildman–Crippen MR) is 75.4 cm³/mol. The fourth-order valence-corrected chi connectivity index (χ4v) is 4.12. The number of fused-ring (bicyclic) bond motifs is 3. The lowest BCUT2D eigenvalue weighted by Gasteiger charge is -2.41. The summed E-state index contributed by atoms with van der Waals surface area (Å²) < 4.78 is 28.1. The van der Waals surface area contributed by atoms with Crippen LogP contribution in [0.2, 0.25) is 0 Å². The van der Waals surface area contributed by atoms with Gasteiger partial charge in [0.15, 0.2) is 5.79 Å². The summed E-state index contributed by atoms with van der Waals surface area (Å²) in [4.78, 5) is 12.0. The van der Waals surface area contributed by atoms with E-state index in [4.69, 9.17) is 29.4 Å². The predicted octanol–water partition coefficient (Wildman–Crippen LogP) is 0.531. The van der Waals surface area contributed by atoms with Crippen molar-refractivity contribution < 1.29 is 28.5 Å². The van der Waals surface area contributed by atoms with Crippen LogP contribution in [0.25, 0.3) is 0 Å². The van der Waals surface area contributed by atoms with E-state index in [0.717, 1.165) is 0 Å². The molecule has 0 aromatic carbocycles. The van der Waals surface area contributed by atoms with Crippen molar-refractivity contribution >= 4 is 5.97 Å². The van der Waals surface area contributed by atoms with Crippen LogP contribution < -0.4 is 5.73 Å². The Bertz CT molecular complexity index is 504. The summed E-state index contributed by atoms with van der Waals surface area (Å²) in [6, 6.07) is 0. The fraction of sp³-hybridized carbons (Fsp3) is 0.800. The van der Waals surface area contributed by atoms with Crippen LogP contribution in [0.15, 0.2) is 11.8 Å². The van der Waals surface area contributed by atoms with Crippen molar-refractivity contribution in [1.82, 2.24) is 0 Å². The lowest BCUT2D eigenvalue weighted by Crippen LogP contribution is -2.55. The molecule has 1 saturated heterocycles. The summed E-state index contributed by atoms with van der Waals surface area (Å²) in [6.07, 6.45) is 1.30. The standard InChI is InChI=1S/C15H23NO6/c1-14(2)21-10-5-8-9(12(17)18-3)6-20-13(19-4)11(8)15(10,7-16)22-14/h6,8,10-11,13H,5,7,16H2,1-4H3. The molecule has 2 heterocycles. The van der Waals surface area contributed by atoms with Crippen LogP contribution in [0.1, 0.15) is 20.3 Å². The Morgan fingerprint density at radius 2 is 2.18 bits per heavy atom. The molecule has 0 aromatic heterocycles. The highest BCUT2D eigenvalue weighted by Gasteiger charge is 2.68. The minimum Gasteiger partial charge on any atom is -0.472 e. The van der Waals surface area contributed by atoms with Gasteiger partial charge in [0.1, 0.15) is 5.60 Å². The fourth-order valence-electron chi connectivity index (χ4n) is 4.12. The van der Waals surface area contributed by atoms with E-state index >= 15 is 0 Å². The number of hydrogen-bond donors (Lipinski definition) is 1. The van der Waals surface area contributed by atoms with Crippen molar-refractivity contribution in [3.63, 3.8) is 0 Å². The topological polar surface area (TPSA) is 89.2 Å². The second-order valence-corrected chi connectivity index (χ2v) is 6.44. The minimum absolute atomic E-state index is 0.129. The molecule has 2 aliphatic heterocycles. The molecular formula is C15H23NO6. The average molecular weight is 313 g/mol. The highest BCUT2D eigenvalue weighted by molar-refractivity contribution is 5.89. The summed E-state index contributed by atoms with van der Waals surface area (Å²) in [5.74, 6) is -1.49. The molecule has 2 N–H and O–H groups in total. The molecule has 1 aliphatic carbocycles. The molecule has 1 saturated carbocycles. The van der Waals surface area contributed by atoms with Gasteiger partial charge < -0.3 is 29.4 Å². The van der Waals surface area contributed by atoms with Gasteiger partial charge in [-0.25, -0.2) is 4.79 Å². The van der Waals surface area contributed by atoms with E-state index in [1.54, 1.807) is 7.11 Å². The monoisotopic (exact) mass is 313 g/mol. The van der Waals surface area contributed by atoms with E-state index in [1.165, 1.54) is 13.4 Å². The Kier molecular flexibility index (Phi) is 3.71. The van der Waals surface area contributed by atoms with E-state index in [2.05, 4.69) is 0 Å². The maximum absolute atomic E-state index is 12.0. The van der Waals surface area contributed by atoms with Crippen LogP contribution >= 0.6 is 0 Å². The molecule has 22 heavy (non-hydrogen) atoms. The lowest BCUT2D eigenvalue weighted by molar-refractivity contribution is -0.223. The third-order valence-electron chi connectivity index (χ3n) is 4.87. The molecule has 0 spiro atoms. The summed E-state index contributed by atoms with van der Waals surface area (Å²) in [5, 5.41) is 0. The van der Waals surface area contributed by atoms with Crippen molar-refractivity contribution in [2.24, 2.45) is 17.6 Å². The zero-order chi connectivity index (χ0) is 16.1. The molecular weight excluding hydrogens is 290 g/mol. The van der Waals surface area contributed by atoms with Crippen LogP contribution in [-0.4, -0.2) is 50.5 Å². The first-order valence-corrected chi connectivity index (χ1v) is 7.43. The van der Waals surface area contributed by atoms with Crippen LogP contribution in [0.4, 0.5) is 0 Å². The maximum atomic E-state index is 12.0. The molecule has 0 radical (unpaired) electrons. The Balaban J connectivity index is 2.01. The van der Waals surface area contributed by atoms with Crippen LogP contribution in [0, 0.1) is 11.8 Å². The average Bonchev–Trinajstić information content (AvgIpc) is 2.92. The van der Waals surface area contributed by atoms with Gasteiger partial charge in [-0.3, -0.25) is 0 Å². The number of hydrogen-bond acceptors (Lipinski definition) is 7. The number of carbonyl (C=O) groups excluding carboxylic acids is 1. The molecule has 3 aliphatic rings. The molecule has 0 amide bonds. The van der Waals surface area contributed by atoms with E-state index in [0.29, 0.717) is 12.0 Å². The first-order chi connectivity index (χ1) is 10.4. The van der Waals surface area contributed by atoms with Crippen LogP contribution in [-0.2, 0) is 28.5 Å². The first kappa shape index (κ1) is 15.7. The van der Waals surface area contributed by atoms with E-state index < -0.39 is 23.6 Å². The van der Waals surface area contributed by atoms with Gasteiger partial charge >= 0.3 is 5.97 Å². The smallest absolute Gasteiger partial charge is 0.337 e. The summed E-state index contributed by atoms with van der Waals surface area (Å²) in [5.41, 5.74) is 5.80. The zero-order valence-corrected chi connectivity index (χ0v) is 13.3. The SMILES string of the molecule is COC(=O)C1=COC(OC)C2C1CC1OC(C)(C)OC12CN. The molecule has 0 bridgehead atoms. The zero-order valence-electron chi connectivity index (χ0n) is 13.3. The van der Waals surface area contributed by atoms with Gasteiger partial charge in [-0.2, -0.15) is 0 Å². The van der Waals surface area contributed by atoms with E-state index in [9.17, 15) is 4.79 Å². The summed E-state index contributed by atoms with van der Waals surface area (Å²) >= 11 is 0. The van der Waals surface area contributed by atoms with Crippen LogP contribution in [0.5, 0.6) is 0 Å².